The molecule has 2 aromatic rings. The number of nitrogens with zero attached hydrogens (tertiary/aromatic N) is 1. The Morgan fingerprint density at radius 1 is 1.33 bits per heavy atom. The normalized spacial score (nSPS) is 10.3. The molecule has 5 N–H and O–H groups in total. The first-order valence-electron chi connectivity index (χ1n) is 6.01. The zero-order chi connectivity index (χ0) is 15.4. The molecule has 6 nitrogen and oxygen atoms in total. The Morgan fingerprint density at radius 2 is 2.00 bits per heavy atom. The van der Waals surface area contributed by atoms with Gasteiger partial charge in [-0.25, -0.2) is 4.98 Å². The average Bonchev–Trinajstić information content (AvgIpc) is 2.75. The molecule has 0 saturated carbocycles. The highest BCUT2D eigenvalue weighted by molar-refractivity contribution is 8.01. The van der Waals surface area contributed by atoms with Crippen LogP contribution in [0.3, 0.4) is 0 Å². The van der Waals surface area contributed by atoms with Gasteiger partial charge in [0.1, 0.15) is 0 Å². The van der Waals surface area contributed by atoms with Crippen molar-refractivity contribution in [2.24, 2.45) is 5.73 Å². The molecule has 2 amide bonds. The number of hydrogen-bond acceptors (Lipinski definition) is 6. The van der Waals surface area contributed by atoms with Crippen LogP contribution in [-0.4, -0.2) is 22.6 Å². The molecule has 0 saturated heterocycles. The summed E-state index contributed by atoms with van der Waals surface area (Å²) in [5.74, 6) is -0.375. The van der Waals surface area contributed by atoms with Gasteiger partial charge in [0.2, 0.25) is 11.8 Å². The molecule has 0 radical (unpaired) electrons. The highest BCUT2D eigenvalue weighted by Crippen LogP contribution is 2.30. The van der Waals surface area contributed by atoms with Crippen LogP contribution in [0.5, 0.6) is 0 Å². The SMILES string of the molecule is Cc1nc(N)sc1SCC(=O)Nc1ccc(C(N)=O)cc1. The number of carbonyl (C=O) groups excluding carboxylic acids is 2. The van der Waals surface area contributed by atoms with Gasteiger partial charge in [-0.15, -0.1) is 11.8 Å². The van der Waals surface area contributed by atoms with Gasteiger partial charge < -0.3 is 16.8 Å². The van der Waals surface area contributed by atoms with Gasteiger partial charge in [-0.1, -0.05) is 11.3 Å². The number of rotatable bonds is 5. The Labute approximate surface area is 129 Å². The monoisotopic (exact) mass is 322 g/mol. The standard InChI is InChI=1S/C13H14N4O2S2/c1-7-12(21-13(15)16-7)20-6-10(18)17-9-4-2-8(3-5-9)11(14)19/h2-5H,6H2,1H3,(H2,14,19)(H2,15,16)(H,17,18). The third kappa shape index (κ3) is 4.20. The zero-order valence-corrected chi connectivity index (χ0v) is 12.9. The number of hydrogen-bond donors (Lipinski definition) is 3. The molecular formula is C13H14N4O2S2. The van der Waals surface area contributed by atoms with Crippen LogP contribution in [0.15, 0.2) is 28.5 Å². The van der Waals surface area contributed by atoms with Crippen LogP contribution >= 0.6 is 23.1 Å². The molecule has 0 aliphatic heterocycles. The fraction of sp³-hybridized carbons (Fsp3) is 0.154. The van der Waals surface area contributed by atoms with E-state index in [1.54, 1.807) is 24.3 Å². The van der Waals surface area contributed by atoms with Crippen molar-refractivity contribution in [1.29, 1.82) is 0 Å². The van der Waals surface area contributed by atoms with Gasteiger partial charge in [0, 0.05) is 11.3 Å². The number of benzene rings is 1. The minimum absolute atomic E-state index is 0.141. The van der Waals surface area contributed by atoms with Crippen molar-refractivity contribution < 1.29 is 9.59 Å². The number of anilines is 2. The summed E-state index contributed by atoms with van der Waals surface area (Å²) in [6.07, 6.45) is 0. The molecule has 0 spiro atoms. The molecule has 1 heterocycles. The minimum Gasteiger partial charge on any atom is -0.375 e. The summed E-state index contributed by atoms with van der Waals surface area (Å²) < 4.78 is 0.937. The minimum atomic E-state index is -0.498. The lowest BCUT2D eigenvalue weighted by Crippen LogP contribution is -2.14. The van der Waals surface area contributed by atoms with Crippen molar-refractivity contribution >= 4 is 45.7 Å². The third-order valence-electron chi connectivity index (χ3n) is 2.56. The number of nitrogens with two attached hydrogens (primary N) is 2. The number of carbonyl (C=O) groups is 2. The summed E-state index contributed by atoms with van der Waals surface area (Å²) >= 11 is 2.76. The Morgan fingerprint density at radius 3 is 2.52 bits per heavy atom. The summed E-state index contributed by atoms with van der Waals surface area (Å²) in [4.78, 5) is 26.9. The Kier molecular flexibility index (Phi) is 4.81. The van der Waals surface area contributed by atoms with E-state index in [2.05, 4.69) is 10.3 Å². The first-order chi connectivity index (χ1) is 9.95. The van der Waals surface area contributed by atoms with Gasteiger partial charge in [0.25, 0.3) is 0 Å². The summed E-state index contributed by atoms with van der Waals surface area (Å²) in [5, 5.41) is 3.24. The predicted octanol–water partition coefficient (Wildman–Crippen LogP) is 1.86. The summed E-state index contributed by atoms with van der Waals surface area (Å²) in [6, 6.07) is 6.41. The lowest BCUT2D eigenvalue weighted by molar-refractivity contribution is -0.113. The molecule has 110 valence electrons. The van der Waals surface area contributed by atoms with Crippen LogP contribution in [0.4, 0.5) is 10.8 Å². The maximum Gasteiger partial charge on any atom is 0.248 e. The predicted molar refractivity (Wildman–Crippen MR) is 85.6 cm³/mol. The smallest absolute Gasteiger partial charge is 0.248 e. The van der Waals surface area contributed by atoms with E-state index in [0.717, 1.165) is 9.90 Å². The molecule has 21 heavy (non-hydrogen) atoms. The van der Waals surface area contributed by atoms with Gasteiger partial charge in [0.15, 0.2) is 5.13 Å². The van der Waals surface area contributed by atoms with Crippen LogP contribution < -0.4 is 16.8 Å². The van der Waals surface area contributed by atoms with Crippen LogP contribution in [0, 0.1) is 6.92 Å². The van der Waals surface area contributed by atoms with E-state index < -0.39 is 5.91 Å². The molecule has 0 unspecified atom stereocenters. The third-order valence-corrected chi connectivity index (χ3v) is 4.91. The number of thiazole rings is 1. The second-order valence-corrected chi connectivity index (χ2v) is 6.48. The van der Waals surface area contributed by atoms with Crippen LogP contribution in [0.2, 0.25) is 0 Å². The fourth-order valence-corrected chi connectivity index (χ4v) is 3.41. The van der Waals surface area contributed by atoms with E-state index in [4.69, 9.17) is 11.5 Å². The molecular weight excluding hydrogens is 308 g/mol. The second kappa shape index (κ2) is 6.59. The van der Waals surface area contributed by atoms with Gasteiger partial charge in [-0.3, -0.25) is 9.59 Å². The number of primary amides is 1. The van der Waals surface area contributed by atoms with E-state index in [9.17, 15) is 9.59 Å². The summed E-state index contributed by atoms with van der Waals surface area (Å²) in [6.45, 7) is 1.86. The van der Waals surface area contributed by atoms with E-state index in [-0.39, 0.29) is 11.7 Å². The Balaban J connectivity index is 1.89. The van der Waals surface area contributed by atoms with Crippen LogP contribution in [0.1, 0.15) is 16.1 Å². The maximum atomic E-state index is 11.9. The van der Waals surface area contributed by atoms with Gasteiger partial charge in [0.05, 0.1) is 15.7 Å². The van der Waals surface area contributed by atoms with Gasteiger partial charge >= 0.3 is 0 Å². The molecule has 1 aromatic carbocycles. The first-order valence-corrected chi connectivity index (χ1v) is 7.81. The highest BCUT2D eigenvalue weighted by Gasteiger charge is 2.09. The molecule has 8 heteroatoms. The van der Waals surface area contributed by atoms with Crippen molar-refractivity contribution in [3.05, 3.63) is 35.5 Å². The van der Waals surface area contributed by atoms with Crippen molar-refractivity contribution in [2.75, 3.05) is 16.8 Å². The summed E-state index contributed by atoms with van der Waals surface area (Å²) in [7, 11) is 0. The van der Waals surface area contributed by atoms with Gasteiger partial charge in [-0.2, -0.15) is 0 Å². The number of amides is 2. The second-order valence-electron chi connectivity index (χ2n) is 4.20. The lowest BCUT2D eigenvalue weighted by atomic mass is 10.2. The number of aromatic nitrogens is 1. The molecule has 0 atom stereocenters. The quantitative estimate of drug-likeness (QED) is 0.728. The van der Waals surface area contributed by atoms with E-state index in [1.165, 1.54) is 23.1 Å². The molecule has 0 fully saturated rings. The number of aryl methyl sites for hydroxylation is 1. The van der Waals surface area contributed by atoms with Crippen molar-refractivity contribution in [3.63, 3.8) is 0 Å². The van der Waals surface area contributed by atoms with E-state index in [0.29, 0.717) is 16.4 Å². The van der Waals surface area contributed by atoms with E-state index >= 15 is 0 Å². The zero-order valence-electron chi connectivity index (χ0n) is 11.3. The molecule has 1 aromatic heterocycles. The van der Waals surface area contributed by atoms with Gasteiger partial charge in [-0.05, 0) is 31.2 Å². The molecule has 0 aliphatic carbocycles. The Bertz CT molecular complexity index is 667. The number of nitrogens with one attached hydrogen (secondary N) is 1. The molecule has 2 rings (SSSR count). The number of thioether (sulfide) groups is 1. The maximum absolute atomic E-state index is 11.9. The molecule has 0 aliphatic rings. The van der Waals surface area contributed by atoms with E-state index in [1.807, 2.05) is 6.92 Å². The average molecular weight is 322 g/mol. The Hall–Kier alpha value is -2.06. The molecule has 0 bridgehead atoms. The topological polar surface area (TPSA) is 111 Å². The first kappa shape index (κ1) is 15.3. The largest absolute Gasteiger partial charge is 0.375 e. The van der Waals surface area contributed by atoms with Crippen LogP contribution in [0.25, 0.3) is 0 Å². The lowest BCUT2D eigenvalue weighted by Gasteiger charge is -2.05. The summed E-state index contributed by atoms with van der Waals surface area (Å²) in [5.41, 5.74) is 12.6. The van der Waals surface area contributed by atoms with Crippen LogP contribution in [-0.2, 0) is 4.79 Å². The van der Waals surface area contributed by atoms with Crippen molar-refractivity contribution in [1.82, 2.24) is 4.98 Å². The van der Waals surface area contributed by atoms with Crippen molar-refractivity contribution in [3.8, 4) is 0 Å². The fourth-order valence-electron chi connectivity index (χ4n) is 1.58. The van der Waals surface area contributed by atoms with Crippen molar-refractivity contribution in [2.45, 2.75) is 11.1 Å². The highest BCUT2D eigenvalue weighted by atomic mass is 32.2. The number of nitrogen functional groups attached to an aromatic ring is 1.